The summed E-state index contributed by atoms with van der Waals surface area (Å²) in [5.41, 5.74) is 2.09. The van der Waals surface area contributed by atoms with Gasteiger partial charge in [-0.25, -0.2) is 4.39 Å². The van der Waals surface area contributed by atoms with Crippen molar-refractivity contribution in [2.45, 2.75) is 5.37 Å². The van der Waals surface area contributed by atoms with Gasteiger partial charge in [0, 0.05) is 21.8 Å². The highest BCUT2D eigenvalue weighted by Gasteiger charge is 2.34. The zero-order chi connectivity index (χ0) is 15.9. The highest BCUT2D eigenvalue weighted by atomic mass is 79.9. The molecule has 112 valence electrons. The van der Waals surface area contributed by atoms with E-state index < -0.39 is 10.3 Å². The molecule has 0 aromatic heterocycles. The third-order valence-corrected chi connectivity index (χ3v) is 4.37. The van der Waals surface area contributed by atoms with Crippen LogP contribution < -0.4 is 4.90 Å². The van der Waals surface area contributed by atoms with Gasteiger partial charge in [0.1, 0.15) is 5.82 Å². The van der Waals surface area contributed by atoms with Crippen molar-refractivity contribution in [1.29, 1.82) is 0 Å². The van der Waals surface area contributed by atoms with E-state index in [2.05, 4.69) is 28.6 Å². The molecule has 0 fully saturated rings. The van der Waals surface area contributed by atoms with Gasteiger partial charge in [0.15, 0.2) is 5.37 Å². The predicted molar refractivity (Wildman–Crippen MR) is 90.4 cm³/mol. The van der Waals surface area contributed by atoms with E-state index >= 15 is 0 Å². The molecule has 2 aromatic carbocycles. The molecule has 2 aromatic rings. The van der Waals surface area contributed by atoms with Crippen LogP contribution in [0.2, 0.25) is 0 Å². The van der Waals surface area contributed by atoms with Crippen molar-refractivity contribution in [3.63, 3.8) is 0 Å². The number of anilines is 2. The molecule has 7 heteroatoms. The summed E-state index contributed by atoms with van der Waals surface area (Å²) < 4.78 is 14.0. The van der Waals surface area contributed by atoms with Crippen LogP contribution in [0.1, 0.15) is 5.56 Å². The summed E-state index contributed by atoms with van der Waals surface area (Å²) in [6, 6.07) is 11.3. The molecule has 1 atom stereocenters. The molecule has 0 saturated carbocycles. The maximum atomic E-state index is 13.1. The van der Waals surface area contributed by atoms with Crippen molar-refractivity contribution in [3.8, 4) is 0 Å². The Hall–Kier alpha value is -1.86. The van der Waals surface area contributed by atoms with Crippen molar-refractivity contribution >= 4 is 46.0 Å². The number of benzene rings is 2. The summed E-state index contributed by atoms with van der Waals surface area (Å²) >= 11 is 7.75. The number of fused-ring (bicyclic) bond motifs is 1. The van der Waals surface area contributed by atoms with Gasteiger partial charge < -0.3 is 4.90 Å². The van der Waals surface area contributed by atoms with Crippen LogP contribution in [0.3, 0.4) is 0 Å². The summed E-state index contributed by atoms with van der Waals surface area (Å²) in [6.07, 6.45) is 1.51. The maximum Gasteiger partial charge on any atom is 0.279 e. The number of hydrogen-bond acceptors (Lipinski definition) is 4. The molecule has 3 rings (SSSR count). The largest absolute Gasteiger partial charge is 0.319 e. The van der Waals surface area contributed by atoms with Gasteiger partial charge in [-0.15, -0.1) is 12.6 Å². The van der Waals surface area contributed by atoms with Gasteiger partial charge in [-0.3, -0.25) is 10.1 Å². The molecule has 1 heterocycles. The molecule has 0 saturated heterocycles. The van der Waals surface area contributed by atoms with E-state index in [4.69, 9.17) is 0 Å². The van der Waals surface area contributed by atoms with E-state index in [1.165, 1.54) is 18.2 Å². The normalized spacial score (nSPS) is 17.0. The van der Waals surface area contributed by atoms with Crippen LogP contribution in [0.5, 0.6) is 0 Å². The van der Waals surface area contributed by atoms with E-state index in [1.54, 1.807) is 23.1 Å². The van der Waals surface area contributed by atoms with Crippen molar-refractivity contribution in [3.05, 3.63) is 74.1 Å². The molecule has 0 N–H and O–H groups in total. The van der Waals surface area contributed by atoms with Crippen LogP contribution in [0, 0.1) is 15.9 Å². The van der Waals surface area contributed by atoms with E-state index in [0.717, 1.165) is 10.2 Å². The molecule has 0 bridgehead atoms. The second-order valence-corrected chi connectivity index (χ2v) is 6.15. The lowest BCUT2D eigenvalue weighted by Gasteiger charge is -2.33. The number of hydrogen-bond donors (Lipinski definition) is 1. The minimum absolute atomic E-state index is 0.0294. The van der Waals surface area contributed by atoms with Gasteiger partial charge in [0.25, 0.3) is 5.70 Å². The lowest BCUT2D eigenvalue weighted by atomic mass is 10.0. The highest BCUT2D eigenvalue weighted by Crippen LogP contribution is 2.40. The lowest BCUT2D eigenvalue weighted by Crippen LogP contribution is -2.33. The topological polar surface area (TPSA) is 46.4 Å². The fourth-order valence-electron chi connectivity index (χ4n) is 2.39. The Labute approximate surface area is 139 Å². The molecular weight excluding hydrogens is 371 g/mol. The predicted octanol–water partition coefficient (Wildman–Crippen LogP) is 4.61. The molecule has 0 amide bonds. The molecule has 0 spiro atoms. The van der Waals surface area contributed by atoms with Crippen LogP contribution >= 0.6 is 28.6 Å². The fraction of sp³-hybridized carbons (Fsp3) is 0.0667. The van der Waals surface area contributed by atoms with Crippen LogP contribution in [0.25, 0.3) is 6.08 Å². The average molecular weight is 381 g/mol. The van der Waals surface area contributed by atoms with Gasteiger partial charge in [-0.2, -0.15) is 0 Å². The minimum Gasteiger partial charge on any atom is -0.319 e. The first kappa shape index (κ1) is 15.1. The minimum atomic E-state index is -0.755. The van der Waals surface area contributed by atoms with Crippen LogP contribution in [0.15, 0.2) is 52.6 Å². The summed E-state index contributed by atoms with van der Waals surface area (Å²) in [4.78, 5) is 12.5. The molecule has 0 aliphatic carbocycles. The van der Waals surface area contributed by atoms with Crippen LogP contribution in [-0.2, 0) is 0 Å². The molecule has 1 aliphatic heterocycles. The Kier molecular flexibility index (Phi) is 3.92. The lowest BCUT2D eigenvalue weighted by molar-refractivity contribution is -0.425. The first-order chi connectivity index (χ1) is 10.5. The first-order valence-electron chi connectivity index (χ1n) is 6.36. The third kappa shape index (κ3) is 2.62. The number of halogens is 2. The highest BCUT2D eigenvalue weighted by molar-refractivity contribution is 9.10. The summed E-state index contributed by atoms with van der Waals surface area (Å²) in [5, 5.41) is 10.5. The molecule has 1 aliphatic rings. The first-order valence-corrected chi connectivity index (χ1v) is 7.67. The van der Waals surface area contributed by atoms with E-state index in [1.807, 2.05) is 12.1 Å². The second kappa shape index (κ2) is 5.73. The molecular formula is C15H10BrFN2O2S. The van der Waals surface area contributed by atoms with E-state index in [9.17, 15) is 14.5 Å². The zero-order valence-electron chi connectivity index (χ0n) is 11.1. The van der Waals surface area contributed by atoms with E-state index in [-0.39, 0.29) is 11.5 Å². The maximum absolute atomic E-state index is 13.1. The Morgan fingerprint density at radius 1 is 1.23 bits per heavy atom. The van der Waals surface area contributed by atoms with Gasteiger partial charge in [0.2, 0.25) is 0 Å². The van der Waals surface area contributed by atoms with Gasteiger partial charge in [0.05, 0.1) is 10.6 Å². The Morgan fingerprint density at radius 2 is 1.91 bits per heavy atom. The van der Waals surface area contributed by atoms with Crippen molar-refractivity contribution in [2.75, 3.05) is 4.90 Å². The zero-order valence-corrected chi connectivity index (χ0v) is 13.6. The average Bonchev–Trinajstić information content (AvgIpc) is 2.48. The fourth-order valence-corrected chi connectivity index (χ4v) is 3.19. The Balaban J connectivity index is 2.19. The summed E-state index contributed by atoms with van der Waals surface area (Å²) in [6.45, 7) is 0. The number of thiol groups is 1. The van der Waals surface area contributed by atoms with Crippen molar-refractivity contribution < 1.29 is 9.31 Å². The quantitative estimate of drug-likeness (QED) is 0.469. The van der Waals surface area contributed by atoms with Crippen molar-refractivity contribution in [2.24, 2.45) is 0 Å². The number of rotatable bonds is 2. The van der Waals surface area contributed by atoms with Gasteiger partial charge >= 0.3 is 0 Å². The molecule has 22 heavy (non-hydrogen) atoms. The standard InChI is InChI=1S/C15H10BrFN2O2S/c16-10-1-6-13-9(7-10)8-14(19(20)21)15(22)18(13)12-4-2-11(17)3-5-12/h1-8,15,22H. The summed E-state index contributed by atoms with van der Waals surface area (Å²) in [7, 11) is 0. The van der Waals surface area contributed by atoms with Gasteiger partial charge in [-0.1, -0.05) is 15.9 Å². The monoisotopic (exact) mass is 380 g/mol. The Morgan fingerprint density at radius 3 is 2.55 bits per heavy atom. The third-order valence-electron chi connectivity index (χ3n) is 3.38. The Bertz CT molecular complexity index is 780. The molecule has 4 nitrogen and oxygen atoms in total. The molecule has 0 radical (unpaired) electrons. The van der Waals surface area contributed by atoms with Crippen molar-refractivity contribution in [1.82, 2.24) is 0 Å². The smallest absolute Gasteiger partial charge is 0.279 e. The number of nitrogens with zero attached hydrogens (tertiary/aromatic N) is 2. The van der Waals surface area contributed by atoms with Crippen LogP contribution in [0.4, 0.5) is 15.8 Å². The summed E-state index contributed by atoms with van der Waals surface area (Å²) in [5.74, 6) is -0.363. The molecule has 1 unspecified atom stereocenters. The number of nitro groups is 1. The van der Waals surface area contributed by atoms with Crippen LogP contribution in [-0.4, -0.2) is 10.3 Å². The SMILES string of the molecule is O=[N+]([O-])C1=Cc2cc(Br)ccc2N(c2ccc(F)cc2)C1S. The van der Waals surface area contributed by atoms with E-state index in [0.29, 0.717) is 11.3 Å². The second-order valence-electron chi connectivity index (χ2n) is 4.75. The van der Waals surface area contributed by atoms with Gasteiger partial charge in [-0.05, 0) is 42.5 Å².